The van der Waals surface area contributed by atoms with Crippen LogP contribution in [0, 0.1) is 0 Å². The van der Waals surface area contributed by atoms with Crippen molar-refractivity contribution in [3.8, 4) is 0 Å². The van der Waals surface area contributed by atoms with Crippen LogP contribution >= 0.6 is 34.3 Å². The van der Waals surface area contributed by atoms with Gasteiger partial charge in [0.2, 0.25) is 0 Å². The number of nitrogens with one attached hydrogen (secondary N) is 1. The van der Waals surface area contributed by atoms with Gasteiger partial charge in [-0.15, -0.1) is 22.7 Å². The van der Waals surface area contributed by atoms with Gasteiger partial charge in [0.05, 0.1) is 21.5 Å². The first-order valence-corrected chi connectivity index (χ1v) is 12.1. The van der Waals surface area contributed by atoms with Gasteiger partial charge in [-0.1, -0.05) is 50.8 Å². The summed E-state index contributed by atoms with van der Waals surface area (Å²) >= 11 is 8.44. The molecule has 3 aromatic heterocycles. The summed E-state index contributed by atoms with van der Waals surface area (Å²) in [7, 11) is 0. The van der Waals surface area contributed by atoms with E-state index >= 15 is 0 Å². The second-order valence-electron chi connectivity index (χ2n) is 6.65. The molecule has 0 atom stereocenters. The minimum Gasteiger partial charge on any atom is -0.379 e. The molecule has 0 amide bonds. The maximum atomic E-state index is 12.9. The normalized spacial score (nSPS) is 14.5. The van der Waals surface area contributed by atoms with Crippen molar-refractivity contribution in [2.24, 2.45) is 5.73 Å². The summed E-state index contributed by atoms with van der Waals surface area (Å²) < 4.78 is 39.2. The molecule has 1 saturated carbocycles. The summed E-state index contributed by atoms with van der Waals surface area (Å²) in [5.74, 6) is 0. The number of thiophene rings is 2. The zero-order chi connectivity index (χ0) is 22.1. The lowest BCUT2D eigenvalue weighted by Gasteiger charge is -2.15. The van der Waals surface area contributed by atoms with Crippen LogP contribution in [0.5, 0.6) is 0 Å². The highest BCUT2D eigenvalue weighted by atomic mass is 35.5. The van der Waals surface area contributed by atoms with Gasteiger partial charge in [0.25, 0.3) is 0 Å². The molecule has 1 fully saturated rings. The minimum atomic E-state index is -4.43. The summed E-state index contributed by atoms with van der Waals surface area (Å²) in [5.41, 5.74) is 5.35. The summed E-state index contributed by atoms with van der Waals surface area (Å²) in [6.07, 6.45) is 2.23. The van der Waals surface area contributed by atoms with E-state index in [-0.39, 0.29) is 10.7 Å². The van der Waals surface area contributed by atoms with E-state index in [0.717, 1.165) is 21.6 Å². The highest BCUT2D eigenvalue weighted by Crippen LogP contribution is 2.41. The molecule has 0 aliphatic heterocycles. The number of anilines is 1. The molecule has 1 aliphatic carbocycles. The average Bonchev–Trinajstić information content (AvgIpc) is 3.38. The Morgan fingerprint density at radius 1 is 1.20 bits per heavy atom. The SMILES string of the molecule is CC.FC(F)(F)c1csc2c(NCc3cccs3)cc(Cl)nc12.NC1CCCCC1. The Hall–Kier alpha value is -1.35. The van der Waals surface area contributed by atoms with E-state index in [1.807, 2.05) is 31.4 Å². The molecule has 3 N–H and O–H groups in total. The first-order valence-electron chi connectivity index (χ1n) is 10.0. The zero-order valence-corrected chi connectivity index (χ0v) is 19.4. The predicted octanol–water partition coefficient (Wildman–Crippen LogP) is 7.95. The molecule has 1 aliphatic rings. The number of nitrogens with zero attached hydrogens (tertiary/aromatic N) is 1. The topological polar surface area (TPSA) is 50.9 Å². The second kappa shape index (κ2) is 11.9. The lowest BCUT2D eigenvalue weighted by molar-refractivity contribution is -0.136. The standard InChI is InChI=1S/C13H8ClF3N2S2.C6H13N.C2H6/c14-10-4-9(18-5-7-2-1-3-20-7)12-11(19-10)8(6-21-12)13(15,16)17;7-6-4-2-1-3-5-6;1-2/h1-4,6H,5H2,(H,18,19);6H,1-5,7H2;1-2H3. The average molecular weight is 478 g/mol. The van der Waals surface area contributed by atoms with E-state index in [9.17, 15) is 13.2 Å². The molecule has 9 heteroatoms. The van der Waals surface area contributed by atoms with Crippen molar-refractivity contribution in [3.63, 3.8) is 0 Å². The molecule has 0 unspecified atom stereocenters. The van der Waals surface area contributed by atoms with Crippen LogP contribution in [-0.2, 0) is 12.7 Å². The molecule has 0 bridgehead atoms. The molecule has 3 heterocycles. The van der Waals surface area contributed by atoms with Crippen LogP contribution in [0.15, 0.2) is 29.0 Å². The van der Waals surface area contributed by atoms with Gasteiger partial charge in [-0.2, -0.15) is 13.2 Å². The lowest BCUT2D eigenvalue weighted by atomic mass is 9.97. The molecule has 0 saturated heterocycles. The third-order valence-corrected chi connectivity index (χ3v) is 6.55. The number of aromatic nitrogens is 1. The Balaban J connectivity index is 0.000000299. The van der Waals surface area contributed by atoms with Crippen molar-refractivity contribution in [3.05, 3.63) is 44.6 Å². The van der Waals surface area contributed by atoms with E-state index < -0.39 is 11.7 Å². The van der Waals surface area contributed by atoms with Crippen molar-refractivity contribution in [2.75, 3.05) is 5.32 Å². The van der Waals surface area contributed by atoms with Gasteiger partial charge in [0, 0.05) is 28.9 Å². The molecule has 0 aromatic carbocycles. The Morgan fingerprint density at radius 3 is 2.43 bits per heavy atom. The summed E-state index contributed by atoms with van der Waals surface area (Å²) in [6, 6.07) is 5.96. The van der Waals surface area contributed by atoms with Crippen LogP contribution in [-0.4, -0.2) is 11.0 Å². The first kappa shape index (κ1) is 24.9. The van der Waals surface area contributed by atoms with E-state index in [0.29, 0.717) is 23.0 Å². The number of hydrogen-bond acceptors (Lipinski definition) is 5. The highest BCUT2D eigenvalue weighted by Gasteiger charge is 2.35. The Kier molecular flexibility index (Phi) is 9.87. The van der Waals surface area contributed by atoms with Crippen molar-refractivity contribution in [1.29, 1.82) is 0 Å². The lowest BCUT2D eigenvalue weighted by Crippen LogP contribution is -2.22. The monoisotopic (exact) mass is 477 g/mol. The molecule has 4 rings (SSSR count). The summed E-state index contributed by atoms with van der Waals surface area (Å²) in [4.78, 5) is 4.91. The van der Waals surface area contributed by atoms with Crippen LogP contribution in [0.3, 0.4) is 0 Å². The molecular weight excluding hydrogens is 451 g/mol. The number of fused-ring (bicyclic) bond motifs is 1. The number of nitrogens with two attached hydrogens (primary N) is 1. The molecule has 30 heavy (non-hydrogen) atoms. The molecule has 3 nitrogen and oxygen atoms in total. The molecule has 0 spiro atoms. The van der Waals surface area contributed by atoms with Gasteiger partial charge in [-0.05, 0) is 24.3 Å². The molecular formula is C21H27ClF3N3S2. The van der Waals surface area contributed by atoms with Gasteiger partial charge in [0.1, 0.15) is 5.15 Å². The Morgan fingerprint density at radius 2 is 1.90 bits per heavy atom. The van der Waals surface area contributed by atoms with Gasteiger partial charge < -0.3 is 11.1 Å². The quantitative estimate of drug-likeness (QED) is 0.376. The largest absolute Gasteiger partial charge is 0.419 e. The van der Waals surface area contributed by atoms with Gasteiger partial charge >= 0.3 is 6.18 Å². The molecule has 166 valence electrons. The van der Waals surface area contributed by atoms with Crippen molar-refractivity contribution in [1.82, 2.24) is 4.98 Å². The number of alkyl halides is 3. The number of hydrogen-bond donors (Lipinski definition) is 2. The fourth-order valence-corrected chi connectivity index (χ4v) is 4.88. The van der Waals surface area contributed by atoms with Crippen molar-refractivity contribution in [2.45, 2.75) is 64.7 Å². The zero-order valence-electron chi connectivity index (χ0n) is 17.1. The van der Waals surface area contributed by atoms with E-state index in [1.54, 1.807) is 17.4 Å². The van der Waals surface area contributed by atoms with Crippen molar-refractivity contribution < 1.29 is 13.2 Å². The van der Waals surface area contributed by atoms with Gasteiger partial charge in [-0.25, -0.2) is 4.98 Å². The third kappa shape index (κ3) is 7.11. The summed E-state index contributed by atoms with van der Waals surface area (Å²) in [5, 5.41) is 6.18. The fourth-order valence-electron chi connectivity index (χ4n) is 3.04. The van der Waals surface area contributed by atoms with E-state index in [4.69, 9.17) is 17.3 Å². The first-order chi connectivity index (χ1) is 14.3. The summed E-state index contributed by atoms with van der Waals surface area (Å²) in [6.45, 7) is 4.53. The fraction of sp³-hybridized carbons (Fsp3) is 0.476. The van der Waals surface area contributed by atoms with Crippen LogP contribution < -0.4 is 11.1 Å². The Bertz CT molecular complexity index is 889. The Labute approximate surface area is 188 Å². The van der Waals surface area contributed by atoms with Gasteiger partial charge in [-0.3, -0.25) is 0 Å². The maximum absolute atomic E-state index is 12.9. The van der Waals surface area contributed by atoms with Gasteiger partial charge in [0.15, 0.2) is 0 Å². The number of halogens is 4. The third-order valence-electron chi connectivity index (χ3n) is 4.48. The number of rotatable bonds is 3. The molecule has 0 radical (unpaired) electrons. The second-order valence-corrected chi connectivity index (χ2v) is 8.95. The minimum absolute atomic E-state index is 0.0417. The van der Waals surface area contributed by atoms with Crippen molar-refractivity contribution >= 4 is 50.2 Å². The van der Waals surface area contributed by atoms with E-state index in [2.05, 4.69) is 10.3 Å². The predicted molar refractivity (Wildman–Crippen MR) is 124 cm³/mol. The van der Waals surface area contributed by atoms with Crippen LogP contribution in [0.1, 0.15) is 56.4 Å². The van der Waals surface area contributed by atoms with Crippen LogP contribution in [0.4, 0.5) is 18.9 Å². The van der Waals surface area contributed by atoms with E-state index in [1.165, 1.54) is 32.1 Å². The number of pyridine rings is 1. The van der Waals surface area contributed by atoms with Crippen LogP contribution in [0.25, 0.3) is 10.2 Å². The highest BCUT2D eigenvalue weighted by molar-refractivity contribution is 7.18. The smallest absolute Gasteiger partial charge is 0.379 e. The molecule has 3 aromatic rings. The van der Waals surface area contributed by atoms with Crippen LogP contribution in [0.2, 0.25) is 5.15 Å². The maximum Gasteiger partial charge on any atom is 0.419 e.